The lowest BCUT2D eigenvalue weighted by atomic mass is 9.94. The van der Waals surface area contributed by atoms with Gasteiger partial charge in [-0.25, -0.2) is 9.59 Å². The van der Waals surface area contributed by atoms with Gasteiger partial charge in [0.05, 0.1) is 24.0 Å². The molecule has 1 fully saturated rings. The van der Waals surface area contributed by atoms with Crippen LogP contribution in [0.5, 0.6) is 0 Å². The first-order valence-electron chi connectivity index (χ1n) is 23.5. The van der Waals surface area contributed by atoms with Gasteiger partial charge in [-0.05, 0) is 57.4 Å². The molecule has 2 rings (SSSR count). The SMILES string of the molecule is C=C1C(=O)N[C@H](C)C(=O)N[C@@H](CC(C)C)C(=O)NC(C(=O)O)[C@H](C)C(=O)NC(CCCN=C(N)N)C(=O)NC(/C=C\C(C)=C\[C@H](C)[C@H](Cc2ccccc2)OC)[C@H](C)C(=O)N[C@@H](C(=O)O)CCC(=O)N1C. The molecule has 0 saturated carbocycles. The Balaban J connectivity index is 2.73. The van der Waals surface area contributed by atoms with E-state index in [-0.39, 0.29) is 49.7 Å². The molecule has 71 heavy (non-hydrogen) atoms. The molecule has 0 spiro atoms. The van der Waals surface area contributed by atoms with Crippen molar-refractivity contribution in [3.8, 4) is 0 Å². The number of guanidine groups is 1. The van der Waals surface area contributed by atoms with Gasteiger partial charge in [0.2, 0.25) is 35.4 Å². The van der Waals surface area contributed by atoms with Crippen molar-refractivity contribution in [3.63, 3.8) is 0 Å². The second kappa shape index (κ2) is 29.2. The van der Waals surface area contributed by atoms with E-state index in [9.17, 15) is 53.4 Å². The number of allylic oxidation sites excluding steroid dienone is 2. The molecule has 0 radical (unpaired) electrons. The number of carbonyl (C=O) groups is 9. The molecule has 0 aliphatic carbocycles. The number of likely N-dealkylation sites (N-methyl/N-ethyl adjacent to an activating group) is 1. The van der Waals surface area contributed by atoms with Gasteiger partial charge in [0, 0.05) is 33.0 Å². The fourth-order valence-electron chi connectivity index (χ4n) is 7.46. The van der Waals surface area contributed by atoms with E-state index in [1.165, 1.54) is 33.9 Å². The van der Waals surface area contributed by atoms with Crippen molar-refractivity contribution in [3.05, 3.63) is 72.0 Å². The number of amides is 7. The Morgan fingerprint density at radius 1 is 0.845 bits per heavy atom. The van der Waals surface area contributed by atoms with Gasteiger partial charge in [-0.2, -0.15) is 0 Å². The maximum Gasteiger partial charge on any atom is 0.327 e. The number of carboxylic acid groups (broad SMARTS) is 2. The maximum atomic E-state index is 14.4. The Morgan fingerprint density at radius 3 is 2.03 bits per heavy atom. The minimum atomic E-state index is -1.88. The fourth-order valence-corrected chi connectivity index (χ4v) is 7.46. The second-order valence-corrected chi connectivity index (χ2v) is 18.3. The average molecular weight is 995 g/mol. The van der Waals surface area contributed by atoms with Crippen molar-refractivity contribution in [2.24, 2.45) is 40.1 Å². The summed E-state index contributed by atoms with van der Waals surface area (Å²) in [6.45, 7) is 14.9. The number of nitrogens with two attached hydrogens (primary N) is 2. The van der Waals surface area contributed by atoms with E-state index >= 15 is 0 Å². The number of methoxy groups -OCH3 is 1. The summed E-state index contributed by atoms with van der Waals surface area (Å²) in [4.78, 5) is 126. The van der Waals surface area contributed by atoms with Gasteiger partial charge in [-0.15, -0.1) is 0 Å². The smallest absolute Gasteiger partial charge is 0.327 e. The van der Waals surface area contributed by atoms with Gasteiger partial charge in [0.15, 0.2) is 5.96 Å². The third kappa shape index (κ3) is 20.0. The predicted octanol–water partition coefficient (Wildman–Crippen LogP) is 0.618. The first-order chi connectivity index (χ1) is 33.3. The van der Waals surface area contributed by atoms with Crippen LogP contribution in [0.2, 0.25) is 0 Å². The number of nitrogens with one attached hydrogen (secondary N) is 6. The van der Waals surface area contributed by atoms with Crippen LogP contribution in [0.3, 0.4) is 0 Å². The highest BCUT2D eigenvalue weighted by atomic mass is 16.5. The Hall–Kier alpha value is -7.10. The molecule has 1 saturated heterocycles. The van der Waals surface area contributed by atoms with Crippen molar-refractivity contribution >= 4 is 59.2 Å². The zero-order valence-corrected chi connectivity index (χ0v) is 42.2. The minimum Gasteiger partial charge on any atom is -0.480 e. The molecular formula is C49H74N10O12. The summed E-state index contributed by atoms with van der Waals surface area (Å²) in [7, 11) is 2.82. The molecule has 1 heterocycles. The summed E-state index contributed by atoms with van der Waals surface area (Å²) in [5, 5.41) is 35.5. The van der Waals surface area contributed by atoms with Crippen molar-refractivity contribution < 1.29 is 58.1 Å². The van der Waals surface area contributed by atoms with Gasteiger partial charge in [-0.3, -0.25) is 38.6 Å². The van der Waals surface area contributed by atoms with E-state index in [1.54, 1.807) is 34.0 Å². The molecule has 0 bridgehead atoms. The predicted molar refractivity (Wildman–Crippen MR) is 264 cm³/mol. The number of nitrogens with zero attached hydrogens (tertiary/aromatic N) is 2. The van der Waals surface area contributed by atoms with Gasteiger partial charge in [0.1, 0.15) is 35.9 Å². The number of aliphatic carboxylic acids is 2. The third-order valence-electron chi connectivity index (χ3n) is 12.0. The van der Waals surface area contributed by atoms with Crippen LogP contribution in [0.4, 0.5) is 0 Å². The van der Waals surface area contributed by atoms with Gasteiger partial charge >= 0.3 is 11.9 Å². The zero-order valence-electron chi connectivity index (χ0n) is 42.2. The van der Waals surface area contributed by atoms with E-state index < -0.39 is 120 Å². The number of hydrogen-bond acceptors (Lipinski definition) is 11. The average Bonchev–Trinajstić information content (AvgIpc) is 3.31. The Kier molecular flexibility index (Phi) is 24.7. The van der Waals surface area contributed by atoms with Crippen LogP contribution in [-0.4, -0.2) is 137 Å². The zero-order chi connectivity index (χ0) is 53.7. The van der Waals surface area contributed by atoms with E-state index in [1.807, 2.05) is 43.3 Å². The minimum absolute atomic E-state index is 0.00610. The molecule has 1 aromatic rings. The molecule has 392 valence electrons. The molecule has 0 aromatic heterocycles. The summed E-state index contributed by atoms with van der Waals surface area (Å²) in [5.74, 6) is -12.6. The molecule has 22 heteroatoms. The molecule has 22 nitrogen and oxygen atoms in total. The first kappa shape index (κ1) is 60.0. The monoisotopic (exact) mass is 995 g/mol. The van der Waals surface area contributed by atoms with Crippen LogP contribution in [0.1, 0.15) is 86.1 Å². The van der Waals surface area contributed by atoms with Crippen LogP contribution < -0.4 is 43.4 Å². The van der Waals surface area contributed by atoms with Crippen molar-refractivity contribution in [2.75, 3.05) is 20.7 Å². The van der Waals surface area contributed by atoms with Crippen LogP contribution in [-0.2, 0) is 54.3 Å². The molecular weight excluding hydrogens is 921 g/mol. The highest BCUT2D eigenvalue weighted by Crippen LogP contribution is 2.19. The molecule has 3 unspecified atom stereocenters. The second-order valence-electron chi connectivity index (χ2n) is 18.3. The van der Waals surface area contributed by atoms with Crippen molar-refractivity contribution in [1.82, 2.24) is 36.8 Å². The number of rotatable bonds is 15. The number of carbonyl (C=O) groups excluding carboxylic acids is 7. The van der Waals surface area contributed by atoms with E-state index in [4.69, 9.17) is 16.2 Å². The lowest BCUT2D eigenvalue weighted by molar-refractivity contribution is -0.146. The molecule has 1 aliphatic heterocycles. The van der Waals surface area contributed by atoms with E-state index in [0.717, 1.165) is 10.5 Å². The summed E-state index contributed by atoms with van der Waals surface area (Å²) < 4.78 is 5.81. The topological polar surface area (TPSA) is 343 Å². The first-order valence-corrected chi connectivity index (χ1v) is 23.5. The number of hydrogen-bond donors (Lipinski definition) is 10. The van der Waals surface area contributed by atoms with Crippen LogP contribution in [0.15, 0.2) is 71.4 Å². The lowest BCUT2D eigenvalue weighted by Crippen LogP contribution is -2.59. The molecule has 7 amide bonds. The Labute approximate surface area is 415 Å². The quantitative estimate of drug-likeness (QED) is 0.0379. The molecule has 1 aromatic carbocycles. The summed E-state index contributed by atoms with van der Waals surface area (Å²) >= 11 is 0. The third-order valence-corrected chi connectivity index (χ3v) is 12.0. The van der Waals surface area contributed by atoms with Gasteiger partial charge < -0.3 is 63.2 Å². The lowest BCUT2D eigenvalue weighted by Gasteiger charge is -2.28. The highest BCUT2D eigenvalue weighted by Gasteiger charge is 2.37. The standard InChI is InChI=1S/C49H74N10O12/c1-26(2)23-37-46(66)58-40(48(69)70)30(6)42(62)55-35(17-14-22-52-49(50)51)45(65)54-34(19-18-27(3)24-28(4)38(71-10)25-33-15-12-11-13-16-33)29(5)41(61)56-36(47(67)68)20-21-39(60)59(9)32(8)44(64)53-31(7)43(63)57-37/h11-13,15-16,18-19,24,26,28-31,34-38,40H,8,14,17,20-23,25H2,1-7,9-10H3,(H,53,64)(H,54,65)(H,55,62)(H,56,61)(H,57,63)(H,58,66)(H,67,68)(H,69,70)(H4,50,51,52)/b19-18-,27-24+/t28-,29-,30-,31+,34?,35?,36+,37-,38-,40?/m0/s1. The van der Waals surface area contributed by atoms with Crippen LogP contribution >= 0.6 is 0 Å². The Morgan fingerprint density at radius 2 is 1.45 bits per heavy atom. The van der Waals surface area contributed by atoms with E-state index in [0.29, 0.717) is 12.0 Å². The van der Waals surface area contributed by atoms with Crippen molar-refractivity contribution in [2.45, 2.75) is 129 Å². The Bertz CT molecular complexity index is 2160. The largest absolute Gasteiger partial charge is 0.480 e. The normalized spacial score (nSPS) is 25.3. The summed E-state index contributed by atoms with van der Waals surface area (Å²) in [6.07, 6.45) is 4.64. The van der Waals surface area contributed by atoms with Gasteiger partial charge in [0.25, 0.3) is 5.91 Å². The molecule has 12 N–H and O–H groups in total. The van der Waals surface area contributed by atoms with Gasteiger partial charge in [-0.1, -0.05) is 95.3 Å². The number of carboxylic acids is 2. The number of aliphatic imine (C=N–C) groups is 1. The van der Waals surface area contributed by atoms with Crippen molar-refractivity contribution in [1.29, 1.82) is 0 Å². The summed E-state index contributed by atoms with van der Waals surface area (Å²) in [5.41, 5.74) is 12.4. The molecule has 10 atom stereocenters. The number of benzene rings is 1. The maximum absolute atomic E-state index is 14.4. The van der Waals surface area contributed by atoms with Crippen LogP contribution in [0, 0.1) is 23.7 Å². The van der Waals surface area contributed by atoms with E-state index in [2.05, 4.69) is 43.5 Å². The number of ether oxygens (including phenoxy) is 1. The molecule has 1 aliphatic rings. The van der Waals surface area contributed by atoms with Crippen LogP contribution in [0.25, 0.3) is 0 Å². The summed E-state index contributed by atoms with van der Waals surface area (Å²) in [6, 6.07) is 0.998. The fraction of sp³-hybridized carbons (Fsp3) is 0.551. The highest BCUT2D eigenvalue weighted by molar-refractivity contribution is 6.00.